The molecule has 0 rings (SSSR count). The molecule has 1 heteroatoms. The highest BCUT2D eigenvalue weighted by atomic mass is 16.5. The highest BCUT2D eigenvalue weighted by Crippen LogP contribution is 2.00. The van der Waals surface area contributed by atoms with Gasteiger partial charge in [-0.15, -0.1) is 6.58 Å². The van der Waals surface area contributed by atoms with Crippen molar-refractivity contribution in [3.05, 3.63) is 25.0 Å². The number of unbranched alkanes of at least 4 members (excludes halogenated alkanes) is 3. The molecule has 0 fully saturated rings. The average molecular weight is 140 g/mol. The van der Waals surface area contributed by atoms with Crippen molar-refractivity contribution in [2.24, 2.45) is 0 Å². The molecule has 0 atom stereocenters. The van der Waals surface area contributed by atoms with Crippen LogP contribution in [0, 0.1) is 0 Å². The third-order valence-electron chi connectivity index (χ3n) is 1.26. The van der Waals surface area contributed by atoms with Gasteiger partial charge in [0.15, 0.2) is 0 Å². The van der Waals surface area contributed by atoms with Crippen molar-refractivity contribution in [2.75, 3.05) is 7.11 Å². The van der Waals surface area contributed by atoms with E-state index in [2.05, 4.69) is 6.58 Å². The minimum Gasteiger partial charge on any atom is -0.505 e. The molecule has 0 aliphatic carbocycles. The van der Waals surface area contributed by atoms with Crippen molar-refractivity contribution in [3.8, 4) is 0 Å². The molecule has 0 N–H and O–H groups in total. The molecular formula is C9H16O. The Hall–Kier alpha value is -0.720. The topological polar surface area (TPSA) is 9.23 Å². The van der Waals surface area contributed by atoms with Crippen LogP contribution in [0.5, 0.6) is 0 Å². The van der Waals surface area contributed by atoms with Crippen LogP contribution in [0.25, 0.3) is 0 Å². The predicted molar refractivity (Wildman–Crippen MR) is 44.8 cm³/mol. The Bertz CT molecular complexity index is 94.9. The van der Waals surface area contributed by atoms with Crippen LogP contribution in [0.15, 0.2) is 25.0 Å². The van der Waals surface area contributed by atoms with Gasteiger partial charge in [-0.2, -0.15) is 0 Å². The molecule has 0 radical (unpaired) electrons. The van der Waals surface area contributed by atoms with Gasteiger partial charge in [-0.05, 0) is 31.8 Å². The second kappa shape index (κ2) is 8.28. The first kappa shape index (κ1) is 9.28. The van der Waals surface area contributed by atoms with E-state index in [1.807, 2.05) is 12.2 Å². The number of hydrogen-bond donors (Lipinski definition) is 0. The minimum atomic E-state index is 1.11. The Morgan fingerprint density at radius 2 is 2.00 bits per heavy atom. The van der Waals surface area contributed by atoms with Gasteiger partial charge in [-0.1, -0.05) is 6.08 Å². The van der Waals surface area contributed by atoms with E-state index in [0.29, 0.717) is 0 Å². The summed E-state index contributed by atoms with van der Waals surface area (Å²) in [6.07, 6.45) is 10.4. The summed E-state index contributed by atoms with van der Waals surface area (Å²) >= 11 is 0. The fourth-order valence-electron chi connectivity index (χ4n) is 0.715. The molecule has 0 aliphatic heterocycles. The molecule has 10 heavy (non-hydrogen) atoms. The fraction of sp³-hybridized carbons (Fsp3) is 0.556. The van der Waals surface area contributed by atoms with Crippen molar-refractivity contribution in [3.63, 3.8) is 0 Å². The lowest BCUT2D eigenvalue weighted by molar-refractivity contribution is 0.336. The molecule has 58 valence electrons. The van der Waals surface area contributed by atoms with E-state index in [0.717, 1.165) is 12.8 Å². The van der Waals surface area contributed by atoms with Crippen LogP contribution in [0.1, 0.15) is 25.7 Å². The molecule has 0 saturated heterocycles. The quantitative estimate of drug-likeness (QED) is 0.313. The summed E-state index contributed by atoms with van der Waals surface area (Å²) in [5, 5.41) is 0. The Balaban J connectivity index is 2.89. The lowest BCUT2D eigenvalue weighted by Crippen LogP contribution is -1.72. The second-order valence-electron chi connectivity index (χ2n) is 2.18. The van der Waals surface area contributed by atoms with E-state index in [4.69, 9.17) is 4.74 Å². The van der Waals surface area contributed by atoms with E-state index in [1.165, 1.54) is 12.8 Å². The van der Waals surface area contributed by atoms with E-state index in [9.17, 15) is 0 Å². The zero-order chi connectivity index (χ0) is 7.66. The normalized spacial score (nSPS) is 10.1. The van der Waals surface area contributed by atoms with Gasteiger partial charge in [0.05, 0.1) is 13.4 Å². The first-order chi connectivity index (χ1) is 4.91. The van der Waals surface area contributed by atoms with Crippen molar-refractivity contribution in [1.82, 2.24) is 0 Å². The monoisotopic (exact) mass is 140 g/mol. The molecular weight excluding hydrogens is 124 g/mol. The second-order valence-corrected chi connectivity index (χ2v) is 2.18. The maximum atomic E-state index is 4.75. The van der Waals surface area contributed by atoms with Crippen LogP contribution < -0.4 is 0 Å². The van der Waals surface area contributed by atoms with Crippen LogP contribution in [0.2, 0.25) is 0 Å². The van der Waals surface area contributed by atoms with Crippen LogP contribution in [0.4, 0.5) is 0 Å². The van der Waals surface area contributed by atoms with Crippen LogP contribution >= 0.6 is 0 Å². The first-order valence-corrected chi connectivity index (χ1v) is 3.70. The summed E-state index contributed by atoms with van der Waals surface area (Å²) in [6.45, 7) is 3.65. The number of allylic oxidation sites excluding steroid dienone is 2. The fourth-order valence-corrected chi connectivity index (χ4v) is 0.715. The van der Waals surface area contributed by atoms with Gasteiger partial charge in [0.25, 0.3) is 0 Å². The minimum absolute atomic E-state index is 1.11. The Kier molecular flexibility index (Phi) is 7.68. The maximum Gasteiger partial charge on any atom is 0.0784 e. The Morgan fingerprint density at radius 1 is 1.30 bits per heavy atom. The molecule has 0 bridgehead atoms. The predicted octanol–water partition coefficient (Wildman–Crippen LogP) is 2.89. The lowest BCUT2D eigenvalue weighted by Gasteiger charge is -1.91. The molecule has 0 saturated carbocycles. The van der Waals surface area contributed by atoms with Crippen LogP contribution in [-0.4, -0.2) is 7.11 Å². The number of rotatable bonds is 6. The largest absolute Gasteiger partial charge is 0.505 e. The summed E-state index contributed by atoms with van der Waals surface area (Å²) < 4.78 is 4.75. The zero-order valence-electron chi connectivity index (χ0n) is 6.68. The van der Waals surface area contributed by atoms with Gasteiger partial charge in [-0.25, -0.2) is 0 Å². The molecule has 1 nitrogen and oxygen atoms in total. The van der Waals surface area contributed by atoms with Gasteiger partial charge < -0.3 is 4.74 Å². The van der Waals surface area contributed by atoms with E-state index in [1.54, 1.807) is 13.4 Å². The number of methoxy groups -OCH3 is 1. The molecule has 0 aliphatic rings. The third kappa shape index (κ3) is 7.28. The molecule has 0 heterocycles. The standard InChI is InChI=1S/C9H16O/c1-3-4-5-6-7-8-9-10-2/h3,8-9H,1,4-7H2,2H3/b9-8+. The van der Waals surface area contributed by atoms with Gasteiger partial charge in [0, 0.05) is 0 Å². The summed E-state index contributed by atoms with van der Waals surface area (Å²) in [6, 6.07) is 0. The van der Waals surface area contributed by atoms with Crippen LogP contribution in [-0.2, 0) is 4.74 Å². The van der Waals surface area contributed by atoms with E-state index in [-0.39, 0.29) is 0 Å². The maximum absolute atomic E-state index is 4.75. The summed E-state index contributed by atoms with van der Waals surface area (Å²) in [5.74, 6) is 0. The van der Waals surface area contributed by atoms with Gasteiger partial charge >= 0.3 is 0 Å². The smallest absolute Gasteiger partial charge is 0.0784 e. The lowest BCUT2D eigenvalue weighted by atomic mass is 10.2. The van der Waals surface area contributed by atoms with Crippen molar-refractivity contribution in [1.29, 1.82) is 0 Å². The van der Waals surface area contributed by atoms with Crippen molar-refractivity contribution in [2.45, 2.75) is 25.7 Å². The average Bonchev–Trinajstić information content (AvgIpc) is 1.97. The SMILES string of the molecule is C=CCCCC/C=C/OC. The van der Waals surface area contributed by atoms with Crippen molar-refractivity contribution >= 4 is 0 Å². The molecule has 0 amide bonds. The molecule has 0 aromatic rings. The van der Waals surface area contributed by atoms with Crippen LogP contribution in [0.3, 0.4) is 0 Å². The van der Waals surface area contributed by atoms with Gasteiger partial charge in [0.2, 0.25) is 0 Å². The van der Waals surface area contributed by atoms with Gasteiger partial charge in [0.1, 0.15) is 0 Å². The highest BCUT2D eigenvalue weighted by molar-refractivity contribution is 4.74. The van der Waals surface area contributed by atoms with Crippen molar-refractivity contribution < 1.29 is 4.74 Å². The molecule has 0 spiro atoms. The molecule has 0 aromatic heterocycles. The summed E-state index contributed by atoms with van der Waals surface area (Å²) in [5.41, 5.74) is 0. The Morgan fingerprint density at radius 3 is 2.60 bits per heavy atom. The van der Waals surface area contributed by atoms with E-state index < -0.39 is 0 Å². The summed E-state index contributed by atoms with van der Waals surface area (Å²) in [7, 11) is 1.67. The van der Waals surface area contributed by atoms with E-state index >= 15 is 0 Å². The Labute approximate surface area is 63.4 Å². The first-order valence-electron chi connectivity index (χ1n) is 3.70. The number of hydrogen-bond acceptors (Lipinski definition) is 1. The zero-order valence-corrected chi connectivity index (χ0v) is 6.68. The third-order valence-corrected chi connectivity index (χ3v) is 1.26. The summed E-state index contributed by atoms with van der Waals surface area (Å²) in [4.78, 5) is 0. The molecule has 0 aromatic carbocycles. The molecule has 0 unspecified atom stereocenters. The highest BCUT2D eigenvalue weighted by Gasteiger charge is 1.81. The van der Waals surface area contributed by atoms with Gasteiger partial charge in [-0.3, -0.25) is 0 Å². The number of ether oxygens (including phenoxy) is 1.